The van der Waals surface area contributed by atoms with Gasteiger partial charge in [0.1, 0.15) is 19.0 Å². The molecule has 1 aliphatic rings. The number of ketones is 1. The summed E-state index contributed by atoms with van der Waals surface area (Å²) < 4.78 is 21.4. The lowest BCUT2D eigenvalue weighted by atomic mass is 10.1. The van der Waals surface area contributed by atoms with Gasteiger partial charge >= 0.3 is 5.97 Å². The van der Waals surface area contributed by atoms with E-state index in [0.29, 0.717) is 36.0 Å². The maximum atomic E-state index is 12.2. The highest BCUT2D eigenvalue weighted by Crippen LogP contribution is 2.30. The first-order valence-corrected chi connectivity index (χ1v) is 8.32. The normalized spacial score (nSPS) is 12.4. The van der Waals surface area contributed by atoms with Crippen LogP contribution in [0.1, 0.15) is 21.5 Å². The van der Waals surface area contributed by atoms with Crippen LogP contribution in [0.3, 0.4) is 0 Å². The summed E-state index contributed by atoms with van der Waals surface area (Å²) in [5.41, 5.74) is 2.27. The minimum Gasteiger partial charge on any atom is -0.486 e. The quantitative estimate of drug-likeness (QED) is 0.585. The maximum Gasteiger partial charge on any atom is 0.344 e. The smallest absolute Gasteiger partial charge is 0.344 e. The number of fused-ring (bicyclic) bond motifs is 1. The van der Waals surface area contributed by atoms with Gasteiger partial charge in [-0.2, -0.15) is 0 Å². The highest BCUT2D eigenvalue weighted by molar-refractivity contribution is 5.98. The third-order valence-electron chi connectivity index (χ3n) is 3.97. The predicted molar refractivity (Wildman–Crippen MR) is 94.1 cm³/mol. The van der Waals surface area contributed by atoms with Crippen LogP contribution in [0.15, 0.2) is 36.4 Å². The molecule has 0 aliphatic carbocycles. The Morgan fingerprint density at radius 1 is 0.962 bits per heavy atom. The van der Waals surface area contributed by atoms with Crippen molar-refractivity contribution in [2.45, 2.75) is 13.8 Å². The standard InChI is InChI=1S/C20H20O6/c1-13-4-3-5-14(2)20(13)26-12-19(22)25-11-16(21)15-6-7-17-18(10-15)24-9-8-23-17/h3-7,10H,8-9,11-12H2,1-2H3. The van der Waals surface area contributed by atoms with Gasteiger partial charge in [-0.25, -0.2) is 4.79 Å². The van der Waals surface area contributed by atoms with Crippen LogP contribution in [0.2, 0.25) is 0 Å². The van der Waals surface area contributed by atoms with Gasteiger partial charge < -0.3 is 18.9 Å². The average molecular weight is 356 g/mol. The molecule has 0 N–H and O–H groups in total. The summed E-state index contributed by atoms with van der Waals surface area (Å²) in [5.74, 6) is 0.863. The van der Waals surface area contributed by atoms with Gasteiger partial charge in [0.15, 0.2) is 30.5 Å². The van der Waals surface area contributed by atoms with Crippen molar-refractivity contribution < 1.29 is 28.5 Å². The molecular weight excluding hydrogens is 336 g/mol. The van der Waals surface area contributed by atoms with Gasteiger partial charge in [0.25, 0.3) is 0 Å². The van der Waals surface area contributed by atoms with E-state index in [-0.39, 0.29) is 19.0 Å². The number of para-hydroxylation sites is 1. The van der Waals surface area contributed by atoms with E-state index < -0.39 is 5.97 Å². The lowest BCUT2D eigenvalue weighted by Gasteiger charge is -2.18. The second-order valence-electron chi connectivity index (χ2n) is 5.95. The Balaban J connectivity index is 1.52. The molecule has 0 radical (unpaired) electrons. The van der Waals surface area contributed by atoms with E-state index in [9.17, 15) is 9.59 Å². The molecule has 3 rings (SSSR count). The van der Waals surface area contributed by atoms with E-state index in [1.54, 1.807) is 18.2 Å². The van der Waals surface area contributed by atoms with Gasteiger partial charge in [-0.05, 0) is 43.2 Å². The minimum absolute atomic E-state index is 0.250. The van der Waals surface area contributed by atoms with Crippen LogP contribution in [-0.2, 0) is 9.53 Å². The van der Waals surface area contributed by atoms with Gasteiger partial charge in [0, 0.05) is 5.56 Å². The molecule has 0 bridgehead atoms. The topological polar surface area (TPSA) is 71.1 Å². The summed E-state index contributed by atoms with van der Waals surface area (Å²) in [7, 11) is 0. The van der Waals surface area contributed by atoms with E-state index in [1.807, 2.05) is 32.0 Å². The molecule has 26 heavy (non-hydrogen) atoms. The van der Waals surface area contributed by atoms with Crippen LogP contribution in [0.4, 0.5) is 0 Å². The minimum atomic E-state index is -0.599. The molecule has 0 saturated carbocycles. The van der Waals surface area contributed by atoms with E-state index in [4.69, 9.17) is 18.9 Å². The highest BCUT2D eigenvalue weighted by atomic mass is 16.6. The molecule has 1 aliphatic heterocycles. The molecular formula is C20H20O6. The summed E-state index contributed by atoms with van der Waals surface area (Å²) >= 11 is 0. The fraction of sp³-hybridized carbons (Fsp3) is 0.300. The van der Waals surface area contributed by atoms with Crippen molar-refractivity contribution in [1.82, 2.24) is 0 Å². The molecule has 0 atom stereocenters. The number of rotatable bonds is 6. The highest BCUT2D eigenvalue weighted by Gasteiger charge is 2.16. The lowest BCUT2D eigenvalue weighted by molar-refractivity contribution is -0.144. The molecule has 6 heteroatoms. The molecule has 0 spiro atoms. The van der Waals surface area contributed by atoms with Crippen LogP contribution in [0.5, 0.6) is 17.2 Å². The molecule has 0 fully saturated rings. The average Bonchev–Trinajstić information content (AvgIpc) is 2.65. The van der Waals surface area contributed by atoms with Crippen LogP contribution < -0.4 is 14.2 Å². The van der Waals surface area contributed by atoms with Crippen molar-refractivity contribution in [3.05, 3.63) is 53.1 Å². The van der Waals surface area contributed by atoms with E-state index >= 15 is 0 Å². The van der Waals surface area contributed by atoms with Crippen molar-refractivity contribution in [2.24, 2.45) is 0 Å². The Morgan fingerprint density at radius 3 is 2.38 bits per heavy atom. The Kier molecular flexibility index (Phi) is 5.41. The summed E-state index contributed by atoms with van der Waals surface area (Å²) in [6, 6.07) is 10.6. The van der Waals surface area contributed by atoms with Crippen LogP contribution in [-0.4, -0.2) is 38.2 Å². The van der Waals surface area contributed by atoms with Crippen molar-refractivity contribution in [3.63, 3.8) is 0 Å². The summed E-state index contributed by atoms with van der Waals surface area (Å²) in [6.45, 7) is 4.13. The predicted octanol–water partition coefficient (Wildman–Crippen LogP) is 2.88. The van der Waals surface area contributed by atoms with Gasteiger partial charge in [0.2, 0.25) is 0 Å². The zero-order chi connectivity index (χ0) is 18.5. The lowest BCUT2D eigenvalue weighted by Crippen LogP contribution is -2.20. The first-order chi connectivity index (χ1) is 12.5. The zero-order valence-corrected chi connectivity index (χ0v) is 14.7. The molecule has 6 nitrogen and oxygen atoms in total. The second-order valence-corrected chi connectivity index (χ2v) is 5.95. The number of benzene rings is 2. The van der Waals surface area contributed by atoms with Crippen LogP contribution in [0.25, 0.3) is 0 Å². The van der Waals surface area contributed by atoms with Crippen molar-refractivity contribution in [1.29, 1.82) is 0 Å². The van der Waals surface area contributed by atoms with Gasteiger partial charge in [-0.15, -0.1) is 0 Å². The molecule has 0 saturated heterocycles. The molecule has 136 valence electrons. The monoisotopic (exact) mass is 356 g/mol. The number of Topliss-reactive ketones (excluding diaryl/α,β-unsaturated/α-hetero) is 1. The number of carbonyl (C=O) groups excluding carboxylic acids is 2. The van der Waals surface area contributed by atoms with E-state index in [1.165, 1.54) is 0 Å². The van der Waals surface area contributed by atoms with E-state index in [2.05, 4.69) is 0 Å². The van der Waals surface area contributed by atoms with Crippen molar-refractivity contribution in [3.8, 4) is 17.2 Å². The second kappa shape index (κ2) is 7.91. The van der Waals surface area contributed by atoms with Gasteiger partial charge in [0.05, 0.1) is 0 Å². The maximum absolute atomic E-state index is 12.2. The molecule has 0 unspecified atom stereocenters. The fourth-order valence-electron chi connectivity index (χ4n) is 2.65. The summed E-state index contributed by atoms with van der Waals surface area (Å²) in [4.78, 5) is 24.1. The summed E-state index contributed by atoms with van der Waals surface area (Å²) in [6.07, 6.45) is 0. The van der Waals surface area contributed by atoms with Crippen molar-refractivity contribution >= 4 is 11.8 Å². The molecule has 0 amide bonds. The Hall–Kier alpha value is -3.02. The number of esters is 1. The Bertz CT molecular complexity index is 807. The summed E-state index contributed by atoms with van der Waals surface area (Å²) in [5, 5.41) is 0. The van der Waals surface area contributed by atoms with E-state index in [0.717, 1.165) is 11.1 Å². The number of hydrogen-bond acceptors (Lipinski definition) is 6. The van der Waals surface area contributed by atoms with Gasteiger partial charge in [-0.3, -0.25) is 4.79 Å². The molecule has 0 aromatic heterocycles. The third-order valence-corrected chi connectivity index (χ3v) is 3.97. The number of aryl methyl sites for hydroxylation is 2. The first-order valence-electron chi connectivity index (χ1n) is 8.32. The molecule has 1 heterocycles. The molecule has 2 aromatic rings. The zero-order valence-electron chi connectivity index (χ0n) is 14.7. The largest absolute Gasteiger partial charge is 0.486 e. The number of ether oxygens (including phenoxy) is 4. The Morgan fingerprint density at radius 2 is 1.65 bits per heavy atom. The number of hydrogen-bond donors (Lipinski definition) is 0. The van der Waals surface area contributed by atoms with Crippen LogP contribution in [0, 0.1) is 13.8 Å². The first kappa shape index (κ1) is 17.8. The van der Waals surface area contributed by atoms with Gasteiger partial charge in [-0.1, -0.05) is 18.2 Å². The molecule has 2 aromatic carbocycles. The SMILES string of the molecule is Cc1cccc(C)c1OCC(=O)OCC(=O)c1ccc2c(c1)OCCO2. The van der Waals surface area contributed by atoms with Crippen LogP contribution >= 0.6 is 0 Å². The Labute approximate surface area is 151 Å². The third kappa shape index (κ3) is 4.14. The van der Waals surface area contributed by atoms with Crippen molar-refractivity contribution in [2.75, 3.05) is 26.4 Å². The number of carbonyl (C=O) groups is 2. The fourth-order valence-corrected chi connectivity index (χ4v) is 2.65.